The minimum atomic E-state index is -0.675. The number of hydrazine groups is 1. The lowest BCUT2D eigenvalue weighted by molar-refractivity contribution is -0.136. The van der Waals surface area contributed by atoms with Crippen LogP contribution in [0.25, 0.3) is 11.1 Å². The smallest absolute Gasteiger partial charge is 0.255 e. The molecule has 1 N–H and O–H groups in total. The number of hydrogen-bond donors (Lipinski definition) is 1. The quantitative estimate of drug-likeness (QED) is 0.161. The van der Waals surface area contributed by atoms with Crippen LogP contribution in [0.1, 0.15) is 77.5 Å². The summed E-state index contributed by atoms with van der Waals surface area (Å²) in [6, 6.07) is 22.3. The van der Waals surface area contributed by atoms with Crippen LogP contribution in [-0.4, -0.2) is 40.4 Å². The van der Waals surface area contributed by atoms with Gasteiger partial charge in [0, 0.05) is 30.6 Å². The number of aromatic nitrogens is 1. The molecule has 48 heavy (non-hydrogen) atoms. The van der Waals surface area contributed by atoms with E-state index in [0.717, 1.165) is 75.6 Å². The molecular formula is C38H38N6O4. The number of piperidine rings is 1. The van der Waals surface area contributed by atoms with Crippen molar-refractivity contribution in [3.05, 3.63) is 94.4 Å². The van der Waals surface area contributed by atoms with Gasteiger partial charge in [0.05, 0.1) is 34.2 Å². The summed E-state index contributed by atoms with van der Waals surface area (Å²) in [5.74, 6) is -0.179. The predicted octanol–water partition coefficient (Wildman–Crippen LogP) is 6.55. The number of benzene rings is 3. The molecule has 2 fully saturated rings. The second kappa shape index (κ2) is 12.0. The Morgan fingerprint density at radius 2 is 1.77 bits per heavy atom. The fraction of sp³-hybridized carbons (Fsp3) is 0.342. The molecule has 1 aromatic heterocycles. The zero-order valence-corrected chi connectivity index (χ0v) is 27.7. The molecule has 7 rings (SSSR count). The van der Waals surface area contributed by atoms with Crippen LogP contribution in [0.3, 0.4) is 0 Å². The van der Waals surface area contributed by atoms with Crippen molar-refractivity contribution in [1.82, 2.24) is 15.4 Å². The summed E-state index contributed by atoms with van der Waals surface area (Å²) >= 11 is 0. The van der Waals surface area contributed by atoms with Gasteiger partial charge in [-0.1, -0.05) is 36.3 Å². The maximum absolute atomic E-state index is 13.5. The Labute approximate surface area is 279 Å². The van der Waals surface area contributed by atoms with Crippen LogP contribution in [0.5, 0.6) is 0 Å². The zero-order valence-electron chi connectivity index (χ0n) is 27.7. The molecule has 0 bridgehead atoms. The zero-order chi connectivity index (χ0) is 33.7. The van der Waals surface area contributed by atoms with Gasteiger partial charge in [0.15, 0.2) is 0 Å². The maximum atomic E-state index is 13.5. The average Bonchev–Trinajstić information content (AvgIpc) is 3.72. The Morgan fingerprint density at radius 1 is 1.02 bits per heavy atom. The second-order valence-corrected chi connectivity index (χ2v) is 13.1. The van der Waals surface area contributed by atoms with Gasteiger partial charge in [-0.05, 0) is 105 Å². The Hall–Kier alpha value is -5.43. The van der Waals surface area contributed by atoms with Crippen molar-refractivity contribution in [2.75, 3.05) is 16.6 Å². The van der Waals surface area contributed by atoms with Crippen molar-refractivity contribution in [3.63, 3.8) is 0 Å². The Kier molecular flexibility index (Phi) is 7.78. The molecule has 10 nitrogen and oxygen atoms in total. The Bertz CT molecular complexity index is 1970. The van der Waals surface area contributed by atoms with E-state index in [9.17, 15) is 19.6 Å². The molecule has 1 unspecified atom stereocenters. The molecule has 1 saturated heterocycles. The van der Waals surface area contributed by atoms with Crippen molar-refractivity contribution in [1.29, 1.82) is 5.26 Å². The molecule has 1 saturated carbocycles. The molecule has 3 amide bonds. The molecule has 3 aliphatic rings. The topological polar surface area (TPSA) is 123 Å². The lowest BCUT2D eigenvalue weighted by Gasteiger charge is -2.39. The standard InChI is InChI=1S/C38H38N6O4/c1-5-18-43(30-12-13-31-27(19-30)21-42(37(31)47)32-14-15-34(45)40-36(32)46)44(29-10-8-28(9-11-29)38(22-39)16-17-38)33-20-26(7-6-23(33)2)35-24(3)41-48-25(35)4/h6-13,19-20,32H,5,14-18,21H2,1-4H3,(H,40,45,46). The third-order valence-electron chi connectivity index (χ3n) is 9.87. The van der Waals surface area contributed by atoms with E-state index in [0.29, 0.717) is 25.1 Å². The normalized spacial score (nSPS) is 17.9. The Morgan fingerprint density at radius 3 is 2.42 bits per heavy atom. The molecule has 0 spiro atoms. The van der Waals surface area contributed by atoms with Crippen LogP contribution in [0, 0.1) is 32.1 Å². The molecule has 2 aliphatic heterocycles. The SMILES string of the molecule is CCCN(c1ccc2c(c1)CN(C1CCC(=O)NC1=O)C2=O)N(c1ccc(C2(C#N)CC2)cc1)c1cc(-c2c(C)noc2C)ccc1C. The van der Waals surface area contributed by atoms with Gasteiger partial charge < -0.3 is 9.42 Å². The van der Waals surface area contributed by atoms with Crippen molar-refractivity contribution in [3.8, 4) is 17.2 Å². The number of carbonyl (C=O) groups excluding carboxylic acids is 3. The molecule has 10 heteroatoms. The molecule has 1 aliphatic carbocycles. The van der Waals surface area contributed by atoms with Gasteiger partial charge in [-0.2, -0.15) is 5.26 Å². The number of nitrogens with zero attached hydrogens (tertiary/aromatic N) is 5. The largest absolute Gasteiger partial charge is 0.361 e. The maximum Gasteiger partial charge on any atom is 0.255 e. The molecule has 1 atom stereocenters. The number of aryl methyl sites for hydroxylation is 3. The number of fused-ring (bicyclic) bond motifs is 1. The van der Waals surface area contributed by atoms with Gasteiger partial charge in [-0.25, -0.2) is 0 Å². The Balaban J connectivity index is 1.32. The number of amides is 3. The number of nitriles is 1. The highest BCUT2D eigenvalue weighted by Gasteiger charge is 2.45. The summed E-state index contributed by atoms with van der Waals surface area (Å²) in [6.45, 7) is 9.04. The number of carbonyl (C=O) groups is 3. The minimum Gasteiger partial charge on any atom is -0.361 e. The number of rotatable bonds is 9. The van der Waals surface area contributed by atoms with Gasteiger partial charge in [-0.3, -0.25) is 29.7 Å². The van der Waals surface area contributed by atoms with Gasteiger partial charge in [0.2, 0.25) is 11.8 Å². The highest BCUT2D eigenvalue weighted by atomic mass is 16.5. The molecular weight excluding hydrogens is 604 g/mol. The van der Waals surface area contributed by atoms with E-state index >= 15 is 0 Å². The first-order valence-corrected chi connectivity index (χ1v) is 16.5. The van der Waals surface area contributed by atoms with Crippen LogP contribution in [0.15, 0.2) is 65.2 Å². The van der Waals surface area contributed by atoms with E-state index in [4.69, 9.17) is 4.52 Å². The summed E-state index contributed by atoms with van der Waals surface area (Å²) in [5.41, 5.74) is 8.67. The van der Waals surface area contributed by atoms with Crippen LogP contribution < -0.4 is 15.3 Å². The van der Waals surface area contributed by atoms with Gasteiger partial charge in [0.1, 0.15) is 11.8 Å². The van der Waals surface area contributed by atoms with Crippen molar-refractivity contribution < 1.29 is 18.9 Å². The first-order chi connectivity index (χ1) is 23.1. The lowest BCUT2D eigenvalue weighted by Crippen LogP contribution is -2.52. The van der Waals surface area contributed by atoms with E-state index in [1.807, 2.05) is 32.0 Å². The molecule has 244 valence electrons. The fourth-order valence-corrected chi connectivity index (χ4v) is 7.09. The van der Waals surface area contributed by atoms with E-state index in [2.05, 4.69) is 82.9 Å². The summed E-state index contributed by atoms with van der Waals surface area (Å²) in [7, 11) is 0. The number of nitrogens with one attached hydrogen (secondary N) is 1. The second-order valence-electron chi connectivity index (χ2n) is 13.1. The number of hydrogen-bond acceptors (Lipinski definition) is 8. The summed E-state index contributed by atoms with van der Waals surface area (Å²) < 4.78 is 5.52. The third kappa shape index (κ3) is 5.29. The predicted molar refractivity (Wildman–Crippen MR) is 181 cm³/mol. The van der Waals surface area contributed by atoms with Crippen LogP contribution in [0.4, 0.5) is 17.1 Å². The number of anilines is 3. The van der Waals surface area contributed by atoms with Crippen molar-refractivity contribution in [2.45, 2.75) is 77.8 Å². The van der Waals surface area contributed by atoms with E-state index in [-0.39, 0.29) is 18.2 Å². The average molecular weight is 643 g/mol. The van der Waals surface area contributed by atoms with Crippen molar-refractivity contribution in [2.24, 2.45) is 0 Å². The van der Waals surface area contributed by atoms with Crippen molar-refractivity contribution >= 4 is 34.8 Å². The molecule has 3 heterocycles. The van der Waals surface area contributed by atoms with Crippen LogP contribution in [0.2, 0.25) is 0 Å². The van der Waals surface area contributed by atoms with E-state index in [1.54, 1.807) is 4.90 Å². The molecule has 3 aromatic carbocycles. The molecule has 4 aromatic rings. The summed E-state index contributed by atoms with van der Waals surface area (Å²) in [5, 5.41) is 20.9. The fourth-order valence-electron chi connectivity index (χ4n) is 7.09. The summed E-state index contributed by atoms with van der Waals surface area (Å²) in [4.78, 5) is 39.5. The summed E-state index contributed by atoms with van der Waals surface area (Å²) in [6.07, 6.45) is 3.11. The number of imide groups is 1. The van der Waals surface area contributed by atoms with E-state index in [1.165, 1.54) is 0 Å². The molecule has 0 radical (unpaired) electrons. The first kappa shape index (κ1) is 31.2. The van der Waals surface area contributed by atoms with E-state index < -0.39 is 17.4 Å². The monoisotopic (exact) mass is 642 g/mol. The van der Waals surface area contributed by atoms with Gasteiger partial charge >= 0.3 is 0 Å². The van der Waals surface area contributed by atoms with Crippen LogP contribution >= 0.6 is 0 Å². The lowest BCUT2D eigenvalue weighted by atomic mass is 9.97. The van der Waals surface area contributed by atoms with Gasteiger partial charge in [0.25, 0.3) is 5.91 Å². The highest BCUT2D eigenvalue weighted by molar-refractivity contribution is 6.05. The minimum absolute atomic E-state index is 0.199. The third-order valence-corrected chi connectivity index (χ3v) is 9.87. The van der Waals surface area contributed by atoms with Gasteiger partial charge in [-0.15, -0.1) is 0 Å². The first-order valence-electron chi connectivity index (χ1n) is 16.5. The van der Waals surface area contributed by atoms with Crippen LogP contribution in [-0.2, 0) is 21.5 Å². The highest BCUT2D eigenvalue weighted by Crippen LogP contribution is 2.48.